The van der Waals surface area contributed by atoms with Crippen molar-refractivity contribution in [3.8, 4) is 0 Å². The summed E-state index contributed by atoms with van der Waals surface area (Å²) in [6.07, 6.45) is 3.52. The minimum absolute atomic E-state index is 0.348. The summed E-state index contributed by atoms with van der Waals surface area (Å²) in [6, 6.07) is 10.8. The van der Waals surface area contributed by atoms with Gasteiger partial charge < -0.3 is 4.98 Å². The van der Waals surface area contributed by atoms with E-state index in [-0.39, 0.29) is 11.8 Å². The average Bonchev–Trinajstić information content (AvgIpc) is 2.87. The molecular formula is C14H10N2O2. The normalized spacial score (nSPS) is 16.6. The molecule has 3 rings (SSSR count). The summed E-state index contributed by atoms with van der Waals surface area (Å²) in [6.45, 7) is 0. The minimum atomic E-state index is -0.367. The zero-order chi connectivity index (χ0) is 12.5. The second kappa shape index (κ2) is 4.00. The van der Waals surface area contributed by atoms with Gasteiger partial charge in [-0.05, 0) is 24.3 Å². The van der Waals surface area contributed by atoms with Crippen molar-refractivity contribution in [1.82, 2.24) is 10.3 Å². The predicted molar refractivity (Wildman–Crippen MR) is 67.6 cm³/mol. The molecule has 0 saturated carbocycles. The van der Waals surface area contributed by atoms with E-state index in [0.29, 0.717) is 16.7 Å². The number of fused-ring (bicyclic) bond motifs is 1. The number of carbonyl (C=O) groups is 2. The number of H-pyrrole nitrogens is 1. The zero-order valence-electron chi connectivity index (χ0n) is 9.44. The molecule has 2 amide bonds. The first-order chi connectivity index (χ1) is 8.75. The highest BCUT2D eigenvalue weighted by Crippen LogP contribution is 2.25. The fourth-order valence-corrected chi connectivity index (χ4v) is 2.01. The van der Waals surface area contributed by atoms with Gasteiger partial charge in [-0.1, -0.05) is 18.2 Å². The molecule has 0 spiro atoms. The summed E-state index contributed by atoms with van der Waals surface area (Å²) >= 11 is 0. The van der Waals surface area contributed by atoms with Crippen LogP contribution in [0.25, 0.3) is 11.6 Å². The largest absolute Gasteiger partial charge is 0.362 e. The molecule has 0 saturated heterocycles. The van der Waals surface area contributed by atoms with Crippen LogP contribution in [0, 0.1) is 0 Å². The third-order valence-electron chi connectivity index (χ3n) is 2.86. The first-order valence-corrected chi connectivity index (χ1v) is 5.56. The number of aromatic nitrogens is 1. The molecule has 2 N–H and O–H groups in total. The van der Waals surface area contributed by atoms with Crippen LogP contribution in [-0.2, 0) is 4.79 Å². The maximum atomic E-state index is 11.9. The third-order valence-corrected chi connectivity index (χ3v) is 2.86. The molecule has 0 bridgehead atoms. The second-order valence-electron chi connectivity index (χ2n) is 4.01. The van der Waals surface area contributed by atoms with Gasteiger partial charge in [0.15, 0.2) is 0 Å². The Bertz CT molecular complexity index is 654. The van der Waals surface area contributed by atoms with Crippen LogP contribution >= 0.6 is 0 Å². The number of hydrogen-bond donors (Lipinski definition) is 2. The molecule has 0 aliphatic carbocycles. The van der Waals surface area contributed by atoms with Gasteiger partial charge in [-0.3, -0.25) is 14.9 Å². The molecule has 0 fully saturated rings. The zero-order valence-corrected chi connectivity index (χ0v) is 9.44. The van der Waals surface area contributed by atoms with Crippen LogP contribution in [0.2, 0.25) is 0 Å². The maximum Gasteiger partial charge on any atom is 0.258 e. The monoisotopic (exact) mass is 238 g/mol. The quantitative estimate of drug-likeness (QED) is 0.588. The number of aromatic amines is 1. The van der Waals surface area contributed by atoms with Gasteiger partial charge in [-0.15, -0.1) is 0 Å². The van der Waals surface area contributed by atoms with E-state index in [0.717, 1.165) is 5.69 Å². The van der Waals surface area contributed by atoms with E-state index in [2.05, 4.69) is 10.3 Å². The smallest absolute Gasteiger partial charge is 0.258 e. The highest BCUT2D eigenvalue weighted by Gasteiger charge is 2.26. The Morgan fingerprint density at radius 3 is 2.39 bits per heavy atom. The number of amides is 2. The van der Waals surface area contributed by atoms with Crippen molar-refractivity contribution in [2.24, 2.45) is 0 Å². The van der Waals surface area contributed by atoms with Gasteiger partial charge in [0.25, 0.3) is 11.8 Å². The van der Waals surface area contributed by atoms with Crippen LogP contribution in [0.3, 0.4) is 0 Å². The van der Waals surface area contributed by atoms with Crippen LogP contribution in [0.5, 0.6) is 0 Å². The van der Waals surface area contributed by atoms with Crippen molar-refractivity contribution in [1.29, 1.82) is 0 Å². The molecule has 88 valence electrons. The van der Waals surface area contributed by atoms with Crippen molar-refractivity contribution in [3.05, 3.63) is 59.4 Å². The van der Waals surface area contributed by atoms with Crippen molar-refractivity contribution in [3.63, 3.8) is 0 Å². The Kier molecular flexibility index (Phi) is 2.34. The summed E-state index contributed by atoms with van der Waals surface area (Å²) in [5, 5.41) is 2.34. The fraction of sp³-hybridized carbons (Fsp3) is 0. The molecule has 4 heteroatoms. The van der Waals surface area contributed by atoms with Gasteiger partial charge in [0, 0.05) is 28.6 Å². The highest BCUT2D eigenvalue weighted by molar-refractivity contribution is 6.33. The molecule has 18 heavy (non-hydrogen) atoms. The molecule has 0 atom stereocenters. The predicted octanol–water partition coefficient (Wildman–Crippen LogP) is 1.83. The van der Waals surface area contributed by atoms with Crippen molar-refractivity contribution in [2.75, 3.05) is 0 Å². The van der Waals surface area contributed by atoms with E-state index in [4.69, 9.17) is 0 Å². The number of benzene rings is 1. The average molecular weight is 238 g/mol. The van der Waals surface area contributed by atoms with Crippen molar-refractivity contribution in [2.45, 2.75) is 0 Å². The topological polar surface area (TPSA) is 62.0 Å². The number of rotatable bonds is 1. The van der Waals surface area contributed by atoms with Gasteiger partial charge in [0.2, 0.25) is 0 Å². The van der Waals surface area contributed by atoms with Crippen molar-refractivity contribution < 1.29 is 9.59 Å². The lowest BCUT2D eigenvalue weighted by Gasteiger charge is -2.17. The third kappa shape index (κ3) is 1.64. The van der Waals surface area contributed by atoms with Gasteiger partial charge in [-0.2, -0.15) is 0 Å². The SMILES string of the molecule is O=C1NC(=O)c2ccccc2C1=Cc1ccc[nH]1. The van der Waals surface area contributed by atoms with E-state index in [1.807, 2.05) is 18.2 Å². The number of imide groups is 1. The number of hydrogen-bond acceptors (Lipinski definition) is 2. The summed E-state index contributed by atoms with van der Waals surface area (Å²) < 4.78 is 0. The summed E-state index contributed by atoms with van der Waals surface area (Å²) in [4.78, 5) is 26.6. The highest BCUT2D eigenvalue weighted by atomic mass is 16.2. The molecule has 0 unspecified atom stereocenters. The molecule has 1 aromatic carbocycles. The number of carbonyl (C=O) groups excluding carboxylic acids is 2. The number of nitrogens with one attached hydrogen (secondary N) is 2. The van der Waals surface area contributed by atoms with Gasteiger partial charge >= 0.3 is 0 Å². The fourth-order valence-electron chi connectivity index (χ4n) is 2.01. The van der Waals surface area contributed by atoms with Crippen LogP contribution in [0.1, 0.15) is 21.6 Å². The molecule has 1 aromatic heterocycles. The Morgan fingerprint density at radius 2 is 1.67 bits per heavy atom. The molecular weight excluding hydrogens is 228 g/mol. The van der Waals surface area contributed by atoms with Gasteiger partial charge in [-0.25, -0.2) is 0 Å². The summed E-state index contributed by atoms with van der Waals surface area (Å²) in [5.74, 6) is -0.715. The Labute approximate surface area is 103 Å². The minimum Gasteiger partial charge on any atom is -0.362 e. The lowest BCUT2D eigenvalue weighted by Crippen LogP contribution is -2.36. The molecule has 0 radical (unpaired) electrons. The molecule has 2 heterocycles. The lowest BCUT2D eigenvalue weighted by atomic mass is 9.94. The molecule has 1 aliphatic rings. The van der Waals surface area contributed by atoms with E-state index in [1.165, 1.54) is 0 Å². The van der Waals surface area contributed by atoms with Crippen LogP contribution < -0.4 is 5.32 Å². The molecule has 1 aliphatic heterocycles. The van der Waals surface area contributed by atoms with Crippen LogP contribution in [-0.4, -0.2) is 16.8 Å². The van der Waals surface area contributed by atoms with Gasteiger partial charge in [0.05, 0.1) is 0 Å². The standard InChI is InChI=1S/C14H10N2O2/c17-13-11-6-2-1-5-10(11)12(14(18)16-13)8-9-4-3-7-15-9/h1-8,15H,(H,16,17,18). The summed E-state index contributed by atoms with van der Waals surface area (Å²) in [5.41, 5.74) is 2.51. The van der Waals surface area contributed by atoms with Crippen LogP contribution in [0.4, 0.5) is 0 Å². The van der Waals surface area contributed by atoms with Gasteiger partial charge in [0.1, 0.15) is 0 Å². The van der Waals surface area contributed by atoms with E-state index in [9.17, 15) is 9.59 Å². The Balaban J connectivity index is 2.18. The van der Waals surface area contributed by atoms with E-state index < -0.39 is 0 Å². The second-order valence-corrected chi connectivity index (χ2v) is 4.01. The van der Waals surface area contributed by atoms with Crippen LogP contribution in [0.15, 0.2) is 42.6 Å². The molecule has 2 aromatic rings. The van der Waals surface area contributed by atoms with Crippen molar-refractivity contribution >= 4 is 23.5 Å². The first-order valence-electron chi connectivity index (χ1n) is 5.56. The van der Waals surface area contributed by atoms with E-state index >= 15 is 0 Å². The summed E-state index contributed by atoms with van der Waals surface area (Å²) in [7, 11) is 0. The first kappa shape index (κ1) is 10.5. The lowest BCUT2D eigenvalue weighted by molar-refractivity contribution is -0.114. The van der Waals surface area contributed by atoms with E-state index in [1.54, 1.807) is 30.5 Å². The maximum absolute atomic E-state index is 11.9. The Hall–Kier alpha value is -2.62. The Morgan fingerprint density at radius 1 is 0.889 bits per heavy atom. The molecule has 4 nitrogen and oxygen atoms in total.